The quantitative estimate of drug-likeness (QED) is 0.629. The molecule has 3 heterocycles. The van der Waals surface area contributed by atoms with Gasteiger partial charge in [0.05, 0.1) is 19.1 Å². The molecule has 146 valence electrons. The highest BCUT2D eigenvalue weighted by Crippen LogP contribution is 2.41. The number of ether oxygens (including phenoxy) is 2. The second kappa shape index (κ2) is 7.89. The van der Waals surface area contributed by atoms with E-state index >= 15 is 0 Å². The number of carbonyl (C=O) groups excluding carboxylic acids is 1. The Bertz CT molecular complexity index is 985. The van der Waals surface area contributed by atoms with Crippen molar-refractivity contribution in [3.05, 3.63) is 53.0 Å². The normalized spacial score (nSPS) is 16.4. The van der Waals surface area contributed by atoms with Crippen molar-refractivity contribution in [3.8, 4) is 22.1 Å². The van der Waals surface area contributed by atoms with Crippen molar-refractivity contribution in [2.45, 2.75) is 5.37 Å². The summed E-state index contributed by atoms with van der Waals surface area (Å²) in [4.78, 5) is 16.3. The second-order valence-corrected chi connectivity index (χ2v) is 8.49. The van der Waals surface area contributed by atoms with E-state index in [4.69, 9.17) is 9.47 Å². The Kier molecular flexibility index (Phi) is 5.32. The maximum atomic E-state index is 13.3. The Hall–Kier alpha value is -2.45. The Morgan fingerprint density at radius 2 is 2.00 bits per heavy atom. The first kappa shape index (κ1) is 18.9. The molecule has 0 aliphatic carbocycles. The van der Waals surface area contributed by atoms with Crippen LogP contribution in [-0.2, 0) is 7.05 Å². The van der Waals surface area contributed by atoms with Gasteiger partial charge in [0, 0.05) is 19.3 Å². The lowest BCUT2D eigenvalue weighted by Crippen LogP contribution is -2.31. The van der Waals surface area contributed by atoms with Crippen LogP contribution in [0.4, 0.5) is 0 Å². The SMILES string of the molecule is COc1ccc(C2SCCN2C(=O)c2cc(-c3cccs3)nn2C)cc1OC. The Morgan fingerprint density at radius 1 is 1.18 bits per heavy atom. The van der Waals surface area contributed by atoms with Crippen LogP contribution >= 0.6 is 23.1 Å². The van der Waals surface area contributed by atoms with E-state index in [9.17, 15) is 4.79 Å². The number of hydrogen-bond donors (Lipinski definition) is 0. The number of amides is 1. The average Bonchev–Trinajstić information content (AvgIpc) is 3.46. The van der Waals surface area contributed by atoms with Gasteiger partial charge in [0.1, 0.15) is 16.8 Å². The molecule has 1 saturated heterocycles. The molecule has 0 saturated carbocycles. The van der Waals surface area contributed by atoms with Crippen molar-refractivity contribution in [1.29, 1.82) is 0 Å². The molecule has 1 aliphatic rings. The first-order valence-electron chi connectivity index (χ1n) is 8.84. The number of carbonyl (C=O) groups is 1. The molecule has 0 spiro atoms. The number of aromatic nitrogens is 2. The van der Waals surface area contributed by atoms with Crippen LogP contribution in [0, 0.1) is 0 Å². The summed E-state index contributed by atoms with van der Waals surface area (Å²) in [5.74, 6) is 2.22. The van der Waals surface area contributed by atoms with Gasteiger partial charge in [-0.1, -0.05) is 12.1 Å². The van der Waals surface area contributed by atoms with Gasteiger partial charge in [0.15, 0.2) is 11.5 Å². The monoisotopic (exact) mass is 415 g/mol. The molecular formula is C20H21N3O3S2. The van der Waals surface area contributed by atoms with E-state index in [2.05, 4.69) is 5.10 Å². The molecular weight excluding hydrogens is 394 g/mol. The molecule has 6 nitrogen and oxygen atoms in total. The predicted octanol–water partition coefficient (Wildman–Crippen LogP) is 4.05. The molecule has 2 aromatic heterocycles. The van der Waals surface area contributed by atoms with E-state index in [-0.39, 0.29) is 11.3 Å². The van der Waals surface area contributed by atoms with Crippen LogP contribution in [-0.4, -0.2) is 47.1 Å². The van der Waals surface area contributed by atoms with Crippen molar-refractivity contribution in [3.63, 3.8) is 0 Å². The van der Waals surface area contributed by atoms with Gasteiger partial charge >= 0.3 is 0 Å². The first-order valence-corrected chi connectivity index (χ1v) is 10.8. The Morgan fingerprint density at radius 3 is 2.71 bits per heavy atom. The molecule has 1 amide bonds. The minimum atomic E-state index is -0.0626. The number of benzene rings is 1. The summed E-state index contributed by atoms with van der Waals surface area (Å²) in [6, 6.07) is 11.7. The molecule has 1 fully saturated rings. The number of aryl methyl sites for hydroxylation is 1. The molecule has 0 bridgehead atoms. The highest BCUT2D eigenvalue weighted by atomic mass is 32.2. The van der Waals surface area contributed by atoms with Crippen molar-refractivity contribution < 1.29 is 14.3 Å². The summed E-state index contributed by atoms with van der Waals surface area (Å²) in [5, 5.41) is 6.48. The third-order valence-electron chi connectivity index (χ3n) is 4.72. The summed E-state index contributed by atoms with van der Waals surface area (Å²) in [6.45, 7) is 0.696. The fourth-order valence-corrected chi connectivity index (χ4v) is 5.25. The summed E-state index contributed by atoms with van der Waals surface area (Å²) >= 11 is 3.37. The van der Waals surface area contributed by atoms with Crippen molar-refractivity contribution in [1.82, 2.24) is 14.7 Å². The summed E-state index contributed by atoms with van der Waals surface area (Å²) < 4.78 is 12.4. The van der Waals surface area contributed by atoms with Gasteiger partial charge in [0.2, 0.25) is 0 Å². The van der Waals surface area contributed by atoms with Crippen LogP contribution in [0.3, 0.4) is 0 Å². The zero-order valence-corrected chi connectivity index (χ0v) is 17.5. The van der Waals surface area contributed by atoms with Crippen LogP contribution in [0.5, 0.6) is 11.5 Å². The lowest BCUT2D eigenvalue weighted by molar-refractivity contribution is 0.0749. The van der Waals surface area contributed by atoms with Crippen LogP contribution in [0.15, 0.2) is 41.8 Å². The Balaban J connectivity index is 1.63. The highest BCUT2D eigenvalue weighted by molar-refractivity contribution is 7.99. The summed E-state index contributed by atoms with van der Waals surface area (Å²) in [5.41, 5.74) is 2.45. The van der Waals surface area contributed by atoms with E-state index in [1.54, 1.807) is 42.0 Å². The lowest BCUT2D eigenvalue weighted by atomic mass is 10.1. The molecule has 28 heavy (non-hydrogen) atoms. The number of nitrogens with zero attached hydrogens (tertiary/aromatic N) is 3. The van der Waals surface area contributed by atoms with Crippen LogP contribution < -0.4 is 9.47 Å². The van der Waals surface area contributed by atoms with Gasteiger partial charge in [-0.3, -0.25) is 9.48 Å². The molecule has 1 unspecified atom stereocenters. The number of methoxy groups -OCH3 is 2. The molecule has 1 aliphatic heterocycles. The van der Waals surface area contributed by atoms with Crippen molar-refractivity contribution >= 4 is 29.0 Å². The fourth-order valence-electron chi connectivity index (χ4n) is 3.32. The van der Waals surface area contributed by atoms with E-state index in [0.717, 1.165) is 21.9 Å². The van der Waals surface area contributed by atoms with E-state index in [1.807, 2.05) is 53.7 Å². The largest absolute Gasteiger partial charge is 0.493 e. The number of thioether (sulfide) groups is 1. The van der Waals surface area contributed by atoms with Crippen LogP contribution in [0.25, 0.3) is 10.6 Å². The van der Waals surface area contributed by atoms with Gasteiger partial charge in [0.25, 0.3) is 5.91 Å². The maximum Gasteiger partial charge on any atom is 0.273 e. The van der Waals surface area contributed by atoms with Gasteiger partial charge in [-0.2, -0.15) is 5.10 Å². The van der Waals surface area contributed by atoms with Gasteiger partial charge in [-0.15, -0.1) is 23.1 Å². The van der Waals surface area contributed by atoms with E-state index in [1.165, 1.54) is 0 Å². The second-order valence-electron chi connectivity index (χ2n) is 6.35. The fraction of sp³-hybridized carbons (Fsp3) is 0.300. The van der Waals surface area contributed by atoms with E-state index < -0.39 is 0 Å². The smallest absolute Gasteiger partial charge is 0.273 e. The maximum absolute atomic E-state index is 13.3. The van der Waals surface area contributed by atoms with Crippen LogP contribution in [0.1, 0.15) is 21.4 Å². The number of thiophene rings is 1. The van der Waals surface area contributed by atoms with Crippen molar-refractivity contribution in [2.24, 2.45) is 7.05 Å². The Labute approximate surface area is 172 Å². The minimum Gasteiger partial charge on any atom is -0.493 e. The zero-order chi connectivity index (χ0) is 19.7. The molecule has 0 N–H and O–H groups in total. The minimum absolute atomic E-state index is 0.0115. The number of rotatable bonds is 5. The summed E-state index contributed by atoms with van der Waals surface area (Å²) in [7, 11) is 5.05. The van der Waals surface area contributed by atoms with E-state index in [0.29, 0.717) is 23.7 Å². The third kappa shape index (κ3) is 3.38. The molecule has 1 atom stereocenters. The first-order chi connectivity index (χ1) is 13.6. The molecule has 3 aromatic rings. The van der Waals surface area contributed by atoms with Gasteiger partial charge in [-0.05, 0) is 35.2 Å². The standard InChI is InChI=1S/C20H21N3O3S2/c1-22-15(12-14(21-22)18-5-4-9-27-18)19(24)23-8-10-28-20(23)13-6-7-16(25-2)17(11-13)26-3/h4-7,9,11-12,20H,8,10H2,1-3H3. The highest BCUT2D eigenvalue weighted by Gasteiger charge is 2.33. The van der Waals surface area contributed by atoms with Gasteiger partial charge in [-0.25, -0.2) is 0 Å². The van der Waals surface area contributed by atoms with Crippen molar-refractivity contribution in [2.75, 3.05) is 26.5 Å². The average molecular weight is 416 g/mol. The topological polar surface area (TPSA) is 56.6 Å². The summed E-state index contributed by atoms with van der Waals surface area (Å²) in [6.07, 6.45) is 0. The molecule has 0 radical (unpaired) electrons. The molecule has 8 heteroatoms. The van der Waals surface area contributed by atoms with Gasteiger partial charge < -0.3 is 14.4 Å². The number of hydrogen-bond acceptors (Lipinski definition) is 6. The van der Waals surface area contributed by atoms with Crippen LogP contribution in [0.2, 0.25) is 0 Å². The lowest BCUT2D eigenvalue weighted by Gasteiger charge is -2.24. The zero-order valence-electron chi connectivity index (χ0n) is 15.9. The molecule has 4 rings (SSSR count). The molecule has 1 aromatic carbocycles. The predicted molar refractivity (Wildman–Crippen MR) is 112 cm³/mol. The third-order valence-corrected chi connectivity index (χ3v) is 6.87.